The molecule has 14 heavy (non-hydrogen) atoms. The fourth-order valence-electron chi connectivity index (χ4n) is 1.14. The Bertz CT molecular complexity index is 336. The van der Waals surface area contributed by atoms with E-state index in [0.717, 1.165) is 6.42 Å². The van der Waals surface area contributed by atoms with Crippen molar-refractivity contribution < 1.29 is 59.8 Å². The number of hydrogen-bond donors (Lipinski definition) is 0. The van der Waals surface area contributed by atoms with Gasteiger partial charge in [-0.1, -0.05) is 43.0 Å². The van der Waals surface area contributed by atoms with E-state index in [0.29, 0.717) is 10.8 Å². The second-order valence-electron chi connectivity index (χ2n) is 3.11. The topological polar surface area (TPSA) is 34.1 Å². The van der Waals surface area contributed by atoms with Crippen molar-refractivity contribution in [2.45, 2.75) is 31.1 Å². The van der Waals surface area contributed by atoms with Gasteiger partial charge in [0, 0.05) is 0 Å². The molecule has 2 nitrogen and oxygen atoms in total. The molecule has 0 fully saturated rings. The molecule has 1 unspecified atom stereocenters. The van der Waals surface area contributed by atoms with E-state index in [4.69, 9.17) is 0 Å². The summed E-state index contributed by atoms with van der Waals surface area (Å²) in [6, 6.07) is 7.04. The Morgan fingerprint density at radius 1 is 1.21 bits per heavy atom. The Kier molecular flexibility index (Phi) is 7.55. The van der Waals surface area contributed by atoms with Gasteiger partial charge in [0.1, 0.15) is 0 Å². The van der Waals surface area contributed by atoms with Gasteiger partial charge in [0.2, 0.25) is 0 Å². The predicted molar refractivity (Wildman–Crippen MR) is 52.2 cm³/mol. The van der Waals surface area contributed by atoms with Crippen molar-refractivity contribution in [2.24, 2.45) is 0 Å². The van der Waals surface area contributed by atoms with Crippen LogP contribution in [0.1, 0.15) is 31.7 Å². The minimum Gasteiger partial charge on any atom is -0.420 e. The van der Waals surface area contributed by atoms with Crippen LogP contribution in [0.5, 0.6) is 0 Å². The van der Waals surface area contributed by atoms with Crippen molar-refractivity contribution in [3.8, 4) is 0 Å². The van der Waals surface area contributed by atoms with Crippen LogP contribution in [0.3, 0.4) is 0 Å². The van der Waals surface area contributed by atoms with Gasteiger partial charge in [0.25, 0.3) is 0 Å². The van der Waals surface area contributed by atoms with Gasteiger partial charge in [0.15, 0.2) is 0 Å². The third-order valence-electron chi connectivity index (χ3n) is 2.25. The van der Waals surface area contributed by atoms with Gasteiger partial charge in [-0.15, -0.1) is 0 Å². The first kappa shape index (κ1) is 14.8. The maximum atomic E-state index is 10.6. The Balaban J connectivity index is 0.00000169. The molecule has 1 aromatic rings. The van der Waals surface area contributed by atoms with E-state index in [9.17, 15) is 8.42 Å². The fraction of sp³-hybridized carbons (Fsp3) is 0.400. The predicted octanol–water partition coefficient (Wildman–Crippen LogP) is -0.128. The largest absolute Gasteiger partial charge is 1.00 e. The van der Waals surface area contributed by atoms with Gasteiger partial charge in [-0.25, -0.2) is 0 Å². The molecule has 0 aliphatic carbocycles. The molecule has 0 spiro atoms. The van der Waals surface area contributed by atoms with Crippen LogP contribution in [0.4, 0.5) is 0 Å². The van der Waals surface area contributed by atoms with Gasteiger partial charge < -0.3 is 8.42 Å². The van der Waals surface area contributed by atoms with Crippen molar-refractivity contribution in [2.75, 3.05) is 0 Å². The molecule has 0 heterocycles. The van der Waals surface area contributed by atoms with E-state index in [1.54, 1.807) is 12.1 Å². The van der Waals surface area contributed by atoms with Gasteiger partial charge in [0.05, 0.1) is 0 Å². The van der Waals surface area contributed by atoms with Crippen LogP contribution in [0, 0.1) is 0 Å². The summed E-state index contributed by atoms with van der Waals surface area (Å²) in [6.07, 6.45) is 1.07. The number of rotatable bonds is 3. The fourth-order valence-corrected chi connectivity index (χ4v) is 1.50. The Labute approximate surface area is 129 Å². The van der Waals surface area contributed by atoms with E-state index in [2.05, 4.69) is 13.8 Å². The summed E-state index contributed by atoms with van der Waals surface area (Å²) < 4.78 is 21.1. The molecule has 0 aromatic heterocycles. The first-order valence-corrected chi connectivity index (χ1v) is 5.42. The maximum absolute atomic E-state index is 10.6. The van der Waals surface area contributed by atoms with Crippen molar-refractivity contribution in [1.82, 2.24) is 0 Å². The van der Waals surface area contributed by atoms with Crippen molar-refractivity contribution in [3.63, 3.8) is 0 Å². The molecular formula is C10H13KO2S. The van der Waals surface area contributed by atoms with E-state index in [1.807, 2.05) is 12.1 Å². The van der Waals surface area contributed by atoms with Crippen LogP contribution in [-0.2, 0) is 19.1 Å². The molecule has 4 heteroatoms. The molecule has 72 valence electrons. The summed E-state index contributed by atoms with van der Waals surface area (Å²) in [5.41, 5.74) is 1.19. The summed E-state index contributed by atoms with van der Waals surface area (Å²) in [4.78, 5) is 0.354. The molecule has 1 atom stereocenters. The maximum Gasteiger partial charge on any atom is 1.00 e. The Morgan fingerprint density at radius 3 is 2.07 bits per heavy atom. The van der Waals surface area contributed by atoms with Gasteiger partial charge >= 0.3 is 51.4 Å². The SMILES string of the molecule is CCC(C)c1ccc([S-](=O)=O)cc1.[K+]. The third kappa shape index (κ3) is 4.12. The van der Waals surface area contributed by atoms with E-state index in [-0.39, 0.29) is 51.4 Å². The molecule has 1 aromatic carbocycles. The van der Waals surface area contributed by atoms with Crippen molar-refractivity contribution >= 4 is 10.7 Å². The zero-order chi connectivity index (χ0) is 9.84. The first-order chi connectivity index (χ1) is 6.15. The van der Waals surface area contributed by atoms with E-state index < -0.39 is 10.7 Å². The third-order valence-corrected chi connectivity index (χ3v) is 2.91. The Hall–Kier alpha value is 0.806. The molecule has 1 rings (SSSR count). The second-order valence-corrected chi connectivity index (χ2v) is 4.05. The zero-order valence-corrected chi connectivity index (χ0v) is 12.8. The van der Waals surface area contributed by atoms with Gasteiger partial charge in [-0.2, -0.15) is 0 Å². The average Bonchev–Trinajstić information content (AvgIpc) is 2.17. The summed E-state index contributed by atoms with van der Waals surface area (Å²) in [7, 11) is -2.10. The van der Waals surface area contributed by atoms with Crippen LogP contribution in [0.25, 0.3) is 0 Å². The van der Waals surface area contributed by atoms with Crippen LogP contribution >= 0.6 is 0 Å². The smallest absolute Gasteiger partial charge is 0.420 e. The van der Waals surface area contributed by atoms with Crippen LogP contribution in [0.15, 0.2) is 29.2 Å². The molecule has 0 N–H and O–H groups in total. The molecule has 0 saturated heterocycles. The average molecular weight is 236 g/mol. The minimum atomic E-state index is -2.10. The molecule has 0 radical (unpaired) electrons. The van der Waals surface area contributed by atoms with Crippen molar-refractivity contribution in [3.05, 3.63) is 29.8 Å². The normalized spacial score (nSPS) is 12.2. The van der Waals surface area contributed by atoms with Crippen LogP contribution in [0.2, 0.25) is 0 Å². The van der Waals surface area contributed by atoms with Gasteiger partial charge in [-0.05, 0) is 28.6 Å². The molecule has 0 saturated carbocycles. The number of hydrogen-bond acceptors (Lipinski definition) is 3. The van der Waals surface area contributed by atoms with Crippen LogP contribution < -0.4 is 51.4 Å². The summed E-state index contributed by atoms with van der Waals surface area (Å²) in [5.74, 6) is 0.495. The zero-order valence-electron chi connectivity index (χ0n) is 8.82. The minimum absolute atomic E-state index is 0. The number of benzene rings is 1. The van der Waals surface area contributed by atoms with Crippen molar-refractivity contribution in [1.29, 1.82) is 0 Å². The van der Waals surface area contributed by atoms with E-state index >= 15 is 0 Å². The molecule has 0 amide bonds. The molecule has 0 bridgehead atoms. The molecule has 0 aliphatic rings. The van der Waals surface area contributed by atoms with Crippen LogP contribution in [-0.4, -0.2) is 0 Å². The molecule has 0 aliphatic heterocycles. The summed E-state index contributed by atoms with van der Waals surface area (Å²) >= 11 is 0. The summed E-state index contributed by atoms with van der Waals surface area (Å²) in [5, 5.41) is 0. The van der Waals surface area contributed by atoms with E-state index in [1.165, 1.54) is 5.56 Å². The first-order valence-electron chi connectivity index (χ1n) is 4.34. The summed E-state index contributed by atoms with van der Waals surface area (Å²) in [6.45, 7) is 4.24. The monoisotopic (exact) mass is 236 g/mol. The second kappa shape index (κ2) is 7.14. The standard InChI is InChI=1S/C10H13O2S.K/c1-3-8(2)9-4-6-10(7-5-9)13(11)12;/h4-8H,3H2,1-2H3;/q-1;+1. The Morgan fingerprint density at radius 2 is 1.71 bits per heavy atom. The van der Waals surface area contributed by atoms with Gasteiger partial charge in [-0.3, -0.25) is 0 Å². The quantitative estimate of drug-likeness (QED) is 0.541. The molecular weight excluding hydrogens is 223 g/mol.